The van der Waals surface area contributed by atoms with E-state index in [1.165, 1.54) is 5.56 Å². The number of carbonyl (C=O) groups excluding carboxylic acids is 1. The summed E-state index contributed by atoms with van der Waals surface area (Å²) >= 11 is 0. The molecule has 2 unspecified atom stereocenters. The topological polar surface area (TPSA) is 49.3 Å². The van der Waals surface area contributed by atoms with Crippen LogP contribution in [0.3, 0.4) is 0 Å². The van der Waals surface area contributed by atoms with Crippen molar-refractivity contribution in [1.29, 1.82) is 0 Å². The molecule has 1 amide bonds. The lowest BCUT2D eigenvalue weighted by Gasteiger charge is -2.26. The summed E-state index contributed by atoms with van der Waals surface area (Å²) in [6, 6.07) is 10.8. The molecule has 114 valence electrons. The van der Waals surface area contributed by atoms with Crippen LogP contribution in [0.4, 0.5) is 0 Å². The van der Waals surface area contributed by atoms with Crippen molar-refractivity contribution >= 4 is 5.91 Å². The minimum Gasteiger partial charge on any atom is -0.393 e. The molecule has 2 aliphatic carbocycles. The van der Waals surface area contributed by atoms with Crippen LogP contribution in [0.5, 0.6) is 0 Å². The number of aryl methyl sites for hydroxylation is 1. The fourth-order valence-corrected chi connectivity index (χ4v) is 3.41. The molecule has 2 fully saturated rings. The molecule has 1 aromatic rings. The van der Waals surface area contributed by atoms with Crippen LogP contribution >= 0.6 is 0 Å². The molecule has 0 aromatic heterocycles. The van der Waals surface area contributed by atoms with Crippen molar-refractivity contribution in [3.05, 3.63) is 35.9 Å². The monoisotopic (exact) mass is 287 g/mol. The summed E-state index contributed by atoms with van der Waals surface area (Å²) in [7, 11) is 0. The van der Waals surface area contributed by atoms with E-state index in [-0.39, 0.29) is 24.0 Å². The third kappa shape index (κ3) is 4.07. The second-order valence-electron chi connectivity index (χ2n) is 6.64. The molecule has 2 atom stereocenters. The summed E-state index contributed by atoms with van der Waals surface area (Å²) in [5.41, 5.74) is 1.37. The number of carbonyl (C=O) groups is 1. The summed E-state index contributed by atoms with van der Waals surface area (Å²) in [6.45, 7) is 0. The van der Waals surface area contributed by atoms with Gasteiger partial charge in [-0.25, -0.2) is 0 Å². The van der Waals surface area contributed by atoms with Gasteiger partial charge in [0.05, 0.1) is 6.10 Å². The van der Waals surface area contributed by atoms with E-state index >= 15 is 0 Å². The van der Waals surface area contributed by atoms with E-state index in [2.05, 4.69) is 29.6 Å². The van der Waals surface area contributed by atoms with Gasteiger partial charge in [0.1, 0.15) is 0 Å². The van der Waals surface area contributed by atoms with Crippen molar-refractivity contribution in [3.63, 3.8) is 0 Å². The molecular weight excluding hydrogens is 262 g/mol. The van der Waals surface area contributed by atoms with Crippen molar-refractivity contribution in [1.82, 2.24) is 5.32 Å². The van der Waals surface area contributed by atoms with Crippen molar-refractivity contribution in [2.45, 2.75) is 57.1 Å². The maximum atomic E-state index is 12.2. The normalized spacial score (nSPS) is 31.7. The number of hydrogen-bond acceptors (Lipinski definition) is 2. The Balaban J connectivity index is 1.38. The maximum Gasteiger partial charge on any atom is 0.223 e. The van der Waals surface area contributed by atoms with E-state index in [4.69, 9.17) is 0 Å². The lowest BCUT2D eigenvalue weighted by atomic mass is 9.93. The van der Waals surface area contributed by atoms with Crippen molar-refractivity contribution < 1.29 is 9.90 Å². The molecule has 0 bridgehead atoms. The van der Waals surface area contributed by atoms with Gasteiger partial charge in [-0.1, -0.05) is 30.3 Å². The van der Waals surface area contributed by atoms with E-state index in [9.17, 15) is 9.90 Å². The molecule has 21 heavy (non-hydrogen) atoms. The van der Waals surface area contributed by atoms with Gasteiger partial charge < -0.3 is 10.4 Å². The Morgan fingerprint density at radius 3 is 2.57 bits per heavy atom. The lowest BCUT2D eigenvalue weighted by molar-refractivity contribution is -0.123. The van der Waals surface area contributed by atoms with E-state index in [1.54, 1.807) is 0 Å². The molecule has 2 aliphatic rings. The Morgan fingerprint density at radius 1 is 1.14 bits per heavy atom. The second kappa shape index (κ2) is 6.61. The van der Waals surface area contributed by atoms with E-state index in [1.807, 2.05) is 6.07 Å². The summed E-state index contributed by atoms with van der Waals surface area (Å²) in [4.78, 5) is 12.2. The molecule has 3 rings (SSSR count). The van der Waals surface area contributed by atoms with Crippen LogP contribution in [0.2, 0.25) is 0 Å². The predicted molar refractivity (Wildman–Crippen MR) is 82.8 cm³/mol. The molecule has 0 saturated heterocycles. The minimum atomic E-state index is -0.155. The van der Waals surface area contributed by atoms with Gasteiger partial charge in [0.2, 0.25) is 5.91 Å². The zero-order valence-corrected chi connectivity index (χ0v) is 12.5. The molecule has 2 N–H and O–H groups in total. The number of nitrogens with one attached hydrogen (secondary N) is 1. The van der Waals surface area contributed by atoms with E-state index in [0.717, 1.165) is 44.9 Å². The Labute approximate surface area is 126 Å². The van der Waals surface area contributed by atoms with Crippen LogP contribution in [-0.4, -0.2) is 23.2 Å². The van der Waals surface area contributed by atoms with Crippen LogP contribution in [0.1, 0.15) is 44.1 Å². The van der Waals surface area contributed by atoms with E-state index in [0.29, 0.717) is 5.92 Å². The van der Waals surface area contributed by atoms with Gasteiger partial charge in [0.15, 0.2) is 0 Å². The first-order chi connectivity index (χ1) is 10.2. The standard InChI is InChI=1S/C18H25NO2/c20-16-10-8-15(9-11-16)19-18(21)17-12-14(17)7-6-13-4-2-1-3-5-13/h1-5,14-17,20H,6-12H2,(H,19,21). The Bertz CT molecular complexity index is 465. The van der Waals surface area contributed by atoms with Gasteiger partial charge in [-0.2, -0.15) is 0 Å². The van der Waals surface area contributed by atoms with Gasteiger partial charge in [0, 0.05) is 12.0 Å². The first kappa shape index (κ1) is 14.6. The smallest absolute Gasteiger partial charge is 0.223 e. The average molecular weight is 287 g/mol. The highest BCUT2D eigenvalue weighted by molar-refractivity contribution is 5.81. The summed E-state index contributed by atoms with van der Waals surface area (Å²) in [6.07, 6.45) is 6.59. The SMILES string of the molecule is O=C(NC1CCC(O)CC1)C1CC1CCc1ccccc1. The number of aliphatic hydroxyl groups excluding tert-OH is 1. The molecule has 0 heterocycles. The molecule has 2 saturated carbocycles. The minimum absolute atomic E-state index is 0.155. The number of amides is 1. The third-order valence-corrected chi connectivity index (χ3v) is 4.95. The predicted octanol–water partition coefficient (Wildman–Crippen LogP) is 2.67. The van der Waals surface area contributed by atoms with Gasteiger partial charge >= 0.3 is 0 Å². The fraction of sp³-hybridized carbons (Fsp3) is 0.611. The average Bonchev–Trinajstić information content (AvgIpc) is 3.28. The van der Waals surface area contributed by atoms with Crippen LogP contribution in [0, 0.1) is 11.8 Å². The number of aliphatic hydroxyl groups is 1. The van der Waals surface area contributed by atoms with Crippen LogP contribution < -0.4 is 5.32 Å². The fourth-order valence-electron chi connectivity index (χ4n) is 3.41. The molecule has 0 spiro atoms. The first-order valence-electron chi connectivity index (χ1n) is 8.24. The van der Waals surface area contributed by atoms with Crippen LogP contribution in [0.15, 0.2) is 30.3 Å². The largest absolute Gasteiger partial charge is 0.393 e. The third-order valence-electron chi connectivity index (χ3n) is 4.95. The Morgan fingerprint density at radius 2 is 1.86 bits per heavy atom. The van der Waals surface area contributed by atoms with Crippen molar-refractivity contribution in [2.24, 2.45) is 11.8 Å². The Hall–Kier alpha value is -1.35. The van der Waals surface area contributed by atoms with Crippen molar-refractivity contribution in [3.8, 4) is 0 Å². The van der Waals surface area contributed by atoms with Gasteiger partial charge in [0.25, 0.3) is 0 Å². The number of rotatable bonds is 5. The number of benzene rings is 1. The summed E-state index contributed by atoms with van der Waals surface area (Å²) < 4.78 is 0. The highest BCUT2D eigenvalue weighted by atomic mass is 16.3. The molecule has 0 aliphatic heterocycles. The van der Waals surface area contributed by atoms with Gasteiger partial charge in [-0.3, -0.25) is 4.79 Å². The molecular formula is C18H25NO2. The van der Waals surface area contributed by atoms with E-state index < -0.39 is 0 Å². The maximum absolute atomic E-state index is 12.2. The molecule has 1 aromatic carbocycles. The molecule has 3 heteroatoms. The quantitative estimate of drug-likeness (QED) is 0.874. The highest BCUT2D eigenvalue weighted by Gasteiger charge is 2.42. The van der Waals surface area contributed by atoms with Crippen LogP contribution in [0.25, 0.3) is 0 Å². The molecule has 0 radical (unpaired) electrons. The Kier molecular flexibility index (Phi) is 4.59. The van der Waals surface area contributed by atoms with Gasteiger partial charge in [-0.15, -0.1) is 0 Å². The number of hydrogen-bond donors (Lipinski definition) is 2. The zero-order valence-electron chi connectivity index (χ0n) is 12.5. The first-order valence-corrected chi connectivity index (χ1v) is 8.24. The molecule has 3 nitrogen and oxygen atoms in total. The summed E-state index contributed by atoms with van der Waals surface area (Å²) in [5.74, 6) is 1.05. The highest BCUT2D eigenvalue weighted by Crippen LogP contribution is 2.42. The van der Waals surface area contributed by atoms with Gasteiger partial charge in [-0.05, 0) is 56.4 Å². The second-order valence-corrected chi connectivity index (χ2v) is 6.64. The zero-order chi connectivity index (χ0) is 14.7. The summed E-state index contributed by atoms with van der Waals surface area (Å²) in [5, 5.41) is 12.7. The lowest BCUT2D eigenvalue weighted by Crippen LogP contribution is -2.39. The van der Waals surface area contributed by atoms with Crippen LogP contribution in [-0.2, 0) is 11.2 Å². The van der Waals surface area contributed by atoms with Crippen molar-refractivity contribution in [2.75, 3.05) is 0 Å².